The number of hydrogen-bond acceptors (Lipinski definition) is 6. The fourth-order valence-corrected chi connectivity index (χ4v) is 4.11. The smallest absolute Gasteiger partial charge is 0.296 e. The van der Waals surface area contributed by atoms with Crippen LogP contribution in [-0.4, -0.2) is 34.9 Å². The first-order valence-electron chi connectivity index (χ1n) is 11.2. The van der Waals surface area contributed by atoms with E-state index in [1.807, 2.05) is 45.0 Å². The molecule has 0 spiro atoms. The number of hydrogen-bond donors (Lipinski definition) is 1. The molecular formula is C27H27NO6. The Hall–Kier alpha value is -4.00. The molecule has 7 nitrogen and oxygen atoms in total. The molecule has 1 atom stereocenters. The Morgan fingerprint density at radius 2 is 1.76 bits per heavy atom. The third-order valence-electron chi connectivity index (χ3n) is 5.69. The van der Waals surface area contributed by atoms with E-state index in [0.29, 0.717) is 30.3 Å². The van der Waals surface area contributed by atoms with Gasteiger partial charge in [0.15, 0.2) is 0 Å². The minimum atomic E-state index is -0.853. The Bertz CT molecular complexity index is 1210. The molecule has 1 N–H and O–H groups in total. The number of carbonyl (C=O) groups excluding carboxylic acids is 2. The zero-order valence-corrected chi connectivity index (χ0v) is 19.4. The largest absolute Gasteiger partial charge is 0.507 e. The maximum Gasteiger partial charge on any atom is 0.296 e. The summed E-state index contributed by atoms with van der Waals surface area (Å²) in [7, 11) is 0. The lowest BCUT2D eigenvalue weighted by atomic mass is 9.98. The fourth-order valence-electron chi connectivity index (χ4n) is 4.11. The molecule has 1 saturated heterocycles. The number of carbonyl (C=O) groups is 2. The van der Waals surface area contributed by atoms with Crippen molar-refractivity contribution in [3.63, 3.8) is 0 Å². The van der Waals surface area contributed by atoms with Crippen LogP contribution < -0.4 is 9.47 Å². The first-order valence-corrected chi connectivity index (χ1v) is 11.2. The number of amides is 1. The van der Waals surface area contributed by atoms with E-state index in [2.05, 4.69) is 0 Å². The summed E-state index contributed by atoms with van der Waals surface area (Å²) in [5.41, 5.74) is 2.05. The number of ketones is 1. The number of Topliss-reactive ketones (excluding diaryl/α,β-unsaturated/α-hetero) is 1. The molecule has 0 radical (unpaired) electrons. The average molecular weight is 462 g/mol. The number of ether oxygens (including phenoxy) is 2. The molecule has 2 heterocycles. The van der Waals surface area contributed by atoms with E-state index in [4.69, 9.17) is 13.9 Å². The predicted molar refractivity (Wildman–Crippen MR) is 127 cm³/mol. The zero-order chi connectivity index (χ0) is 24.2. The molecule has 0 bridgehead atoms. The van der Waals surface area contributed by atoms with Gasteiger partial charge in [-0.15, -0.1) is 0 Å². The zero-order valence-electron chi connectivity index (χ0n) is 19.4. The first-order chi connectivity index (χ1) is 16.4. The van der Waals surface area contributed by atoms with Gasteiger partial charge < -0.3 is 23.9 Å². The molecule has 7 heteroatoms. The van der Waals surface area contributed by atoms with E-state index in [1.54, 1.807) is 30.3 Å². The van der Waals surface area contributed by atoms with Crippen molar-refractivity contribution < 1.29 is 28.6 Å². The van der Waals surface area contributed by atoms with Crippen LogP contribution in [0.1, 0.15) is 42.3 Å². The molecular weight excluding hydrogens is 434 g/mol. The van der Waals surface area contributed by atoms with Gasteiger partial charge in [0.25, 0.3) is 11.7 Å². The Balaban J connectivity index is 1.74. The van der Waals surface area contributed by atoms with Gasteiger partial charge >= 0.3 is 0 Å². The second-order valence-corrected chi connectivity index (χ2v) is 7.93. The van der Waals surface area contributed by atoms with Gasteiger partial charge in [-0.1, -0.05) is 12.1 Å². The number of rotatable bonds is 8. The van der Waals surface area contributed by atoms with Crippen LogP contribution in [0.2, 0.25) is 0 Å². The highest BCUT2D eigenvalue weighted by atomic mass is 16.5. The highest BCUT2D eigenvalue weighted by molar-refractivity contribution is 6.46. The van der Waals surface area contributed by atoms with E-state index < -0.39 is 17.7 Å². The maximum absolute atomic E-state index is 13.1. The van der Waals surface area contributed by atoms with Crippen molar-refractivity contribution in [2.24, 2.45) is 0 Å². The lowest BCUT2D eigenvalue weighted by molar-refractivity contribution is -0.140. The third-order valence-corrected chi connectivity index (χ3v) is 5.69. The van der Waals surface area contributed by atoms with E-state index >= 15 is 0 Å². The molecule has 1 aliphatic heterocycles. The van der Waals surface area contributed by atoms with Crippen molar-refractivity contribution >= 4 is 17.4 Å². The number of benzene rings is 2. The van der Waals surface area contributed by atoms with Gasteiger partial charge in [0.1, 0.15) is 29.1 Å². The van der Waals surface area contributed by atoms with Crippen molar-refractivity contribution in [2.45, 2.75) is 33.4 Å². The minimum Gasteiger partial charge on any atom is -0.507 e. The molecule has 34 heavy (non-hydrogen) atoms. The standard InChI is InChI=1S/C27H27NO6/c1-4-32-20-11-8-18(9-12-20)16-28-24(22-7-6-14-34-22)23(26(30)27(28)31)25(29)19-10-13-21(33-5-2)17(3)15-19/h6-15,24,29H,4-5,16H2,1-3H3/b25-23-. The van der Waals surface area contributed by atoms with Gasteiger partial charge in [0.2, 0.25) is 0 Å². The molecule has 4 rings (SSSR count). The number of aliphatic hydroxyl groups is 1. The van der Waals surface area contributed by atoms with Crippen LogP contribution in [0.5, 0.6) is 11.5 Å². The molecule has 0 saturated carbocycles. The second-order valence-electron chi connectivity index (χ2n) is 7.93. The van der Waals surface area contributed by atoms with Crippen LogP contribution in [0.4, 0.5) is 0 Å². The van der Waals surface area contributed by atoms with Crippen molar-refractivity contribution in [3.8, 4) is 11.5 Å². The normalized spacial score (nSPS) is 17.3. The number of furan rings is 1. The van der Waals surface area contributed by atoms with Crippen LogP contribution in [0.3, 0.4) is 0 Å². The molecule has 1 aliphatic rings. The van der Waals surface area contributed by atoms with Crippen LogP contribution in [0.15, 0.2) is 70.9 Å². The molecule has 1 fully saturated rings. The summed E-state index contributed by atoms with van der Waals surface area (Å²) in [5.74, 6) is 0.115. The van der Waals surface area contributed by atoms with Gasteiger partial charge in [-0.25, -0.2) is 0 Å². The molecule has 0 aliphatic carbocycles. The van der Waals surface area contributed by atoms with Crippen LogP contribution >= 0.6 is 0 Å². The monoisotopic (exact) mass is 461 g/mol. The van der Waals surface area contributed by atoms with E-state index in [1.165, 1.54) is 11.2 Å². The molecule has 3 aromatic rings. The van der Waals surface area contributed by atoms with E-state index in [9.17, 15) is 14.7 Å². The summed E-state index contributed by atoms with van der Waals surface area (Å²) >= 11 is 0. The van der Waals surface area contributed by atoms with Crippen LogP contribution in [0.25, 0.3) is 5.76 Å². The van der Waals surface area contributed by atoms with Crippen LogP contribution in [-0.2, 0) is 16.1 Å². The predicted octanol–water partition coefficient (Wildman–Crippen LogP) is 5.01. The lowest BCUT2D eigenvalue weighted by Gasteiger charge is -2.23. The fraction of sp³-hybridized carbons (Fsp3) is 0.259. The average Bonchev–Trinajstić information content (AvgIpc) is 3.44. The molecule has 176 valence electrons. The highest BCUT2D eigenvalue weighted by Gasteiger charge is 2.47. The van der Waals surface area contributed by atoms with Gasteiger partial charge in [-0.3, -0.25) is 9.59 Å². The van der Waals surface area contributed by atoms with Gasteiger partial charge in [0.05, 0.1) is 25.1 Å². The van der Waals surface area contributed by atoms with Crippen molar-refractivity contribution in [2.75, 3.05) is 13.2 Å². The summed E-state index contributed by atoms with van der Waals surface area (Å²) in [6.07, 6.45) is 1.48. The summed E-state index contributed by atoms with van der Waals surface area (Å²) in [6, 6.07) is 15.0. The molecule has 1 aromatic heterocycles. The molecule has 2 aromatic carbocycles. The Labute approximate surface area is 198 Å². The van der Waals surface area contributed by atoms with Crippen molar-refractivity contribution in [1.82, 2.24) is 4.90 Å². The number of likely N-dealkylation sites (tertiary alicyclic amines) is 1. The topological polar surface area (TPSA) is 89.2 Å². The lowest BCUT2D eigenvalue weighted by Crippen LogP contribution is -2.29. The second kappa shape index (κ2) is 9.87. The third kappa shape index (κ3) is 4.41. The maximum atomic E-state index is 13.1. The number of aryl methyl sites for hydroxylation is 1. The summed E-state index contributed by atoms with van der Waals surface area (Å²) in [6.45, 7) is 6.89. The van der Waals surface area contributed by atoms with Crippen LogP contribution in [0, 0.1) is 6.92 Å². The summed E-state index contributed by atoms with van der Waals surface area (Å²) in [4.78, 5) is 27.6. The van der Waals surface area contributed by atoms with Crippen molar-refractivity contribution in [3.05, 3.63) is 88.9 Å². The number of nitrogens with zero attached hydrogens (tertiary/aromatic N) is 1. The molecule has 1 unspecified atom stereocenters. The van der Waals surface area contributed by atoms with E-state index in [-0.39, 0.29) is 17.9 Å². The Morgan fingerprint density at radius 1 is 1.03 bits per heavy atom. The SMILES string of the molecule is CCOc1ccc(CN2C(=O)C(=O)/C(=C(\O)c3ccc(OCC)c(C)c3)C2c2ccco2)cc1. The quantitative estimate of drug-likeness (QED) is 0.288. The molecule has 1 amide bonds. The Morgan fingerprint density at radius 3 is 2.38 bits per heavy atom. The first kappa shape index (κ1) is 23.2. The number of aliphatic hydroxyl groups excluding tert-OH is 1. The summed E-state index contributed by atoms with van der Waals surface area (Å²) in [5, 5.41) is 11.2. The summed E-state index contributed by atoms with van der Waals surface area (Å²) < 4.78 is 16.6. The van der Waals surface area contributed by atoms with Gasteiger partial charge in [-0.2, -0.15) is 0 Å². The van der Waals surface area contributed by atoms with E-state index in [0.717, 1.165) is 16.9 Å². The highest BCUT2D eigenvalue weighted by Crippen LogP contribution is 2.41. The van der Waals surface area contributed by atoms with Gasteiger partial charge in [-0.05, 0) is 74.4 Å². The van der Waals surface area contributed by atoms with Crippen molar-refractivity contribution in [1.29, 1.82) is 0 Å². The Kier molecular flexibility index (Phi) is 6.72. The minimum absolute atomic E-state index is 0.00514. The van der Waals surface area contributed by atoms with Gasteiger partial charge in [0, 0.05) is 12.1 Å².